The summed E-state index contributed by atoms with van der Waals surface area (Å²) in [4.78, 5) is 2.43. The van der Waals surface area contributed by atoms with Crippen LogP contribution in [0, 0.1) is 5.82 Å². The van der Waals surface area contributed by atoms with E-state index >= 15 is 0 Å². The summed E-state index contributed by atoms with van der Waals surface area (Å²) in [6.45, 7) is 10.8. The van der Waals surface area contributed by atoms with E-state index in [1.807, 2.05) is 13.0 Å². The average Bonchev–Trinajstić information content (AvgIpc) is 2.48. The Hall–Kier alpha value is -0.680. The molecular formula is C16H24ClFN2O. The number of rotatable bonds is 5. The lowest BCUT2D eigenvalue weighted by Gasteiger charge is -2.41. The van der Waals surface area contributed by atoms with Gasteiger partial charge in [0.1, 0.15) is 5.82 Å². The van der Waals surface area contributed by atoms with E-state index in [1.165, 1.54) is 6.07 Å². The maximum Gasteiger partial charge on any atom is 0.142 e. The van der Waals surface area contributed by atoms with Crippen molar-refractivity contribution < 1.29 is 9.13 Å². The smallest absolute Gasteiger partial charge is 0.142 e. The molecule has 1 heterocycles. The molecule has 118 valence electrons. The van der Waals surface area contributed by atoms with Crippen LogP contribution in [-0.4, -0.2) is 43.3 Å². The van der Waals surface area contributed by atoms with E-state index in [9.17, 15) is 4.39 Å². The highest BCUT2D eigenvalue weighted by Gasteiger charge is 2.28. The minimum absolute atomic E-state index is 0.0447. The molecule has 1 saturated heterocycles. The lowest BCUT2D eigenvalue weighted by atomic mass is 10.0. The molecular weight excluding hydrogens is 291 g/mol. The van der Waals surface area contributed by atoms with Crippen LogP contribution in [0.1, 0.15) is 32.4 Å². The minimum atomic E-state index is -0.366. The number of nitrogens with one attached hydrogen (secondary N) is 1. The molecule has 1 fully saturated rings. The van der Waals surface area contributed by atoms with Crippen molar-refractivity contribution in [2.24, 2.45) is 0 Å². The first kappa shape index (κ1) is 16.7. The molecule has 2 rings (SSSR count). The zero-order valence-corrected chi connectivity index (χ0v) is 13.7. The summed E-state index contributed by atoms with van der Waals surface area (Å²) in [5, 5.41) is 3.66. The fourth-order valence-corrected chi connectivity index (χ4v) is 2.70. The molecule has 1 aliphatic rings. The Bertz CT molecular complexity index is 475. The topological polar surface area (TPSA) is 24.5 Å². The molecule has 3 nitrogen and oxygen atoms in total. The number of morpholine rings is 1. The molecule has 1 aromatic rings. The highest BCUT2D eigenvalue weighted by Crippen LogP contribution is 2.21. The Morgan fingerprint density at radius 2 is 2.05 bits per heavy atom. The predicted molar refractivity (Wildman–Crippen MR) is 84.3 cm³/mol. The fraction of sp³-hybridized carbons (Fsp3) is 0.625. The monoisotopic (exact) mass is 314 g/mol. The maximum absolute atomic E-state index is 13.5. The quantitative estimate of drug-likeness (QED) is 0.903. The van der Waals surface area contributed by atoms with E-state index in [4.69, 9.17) is 16.3 Å². The Kier molecular flexibility index (Phi) is 5.60. The molecule has 21 heavy (non-hydrogen) atoms. The van der Waals surface area contributed by atoms with Crippen molar-refractivity contribution >= 4 is 11.6 Å². The minimum Gasteiger partial charge on any atom is -0.379 e. The second kappa shape index (κ2) is 7.05. The molecule has 1 atom stereocenters. The molecule has 1 N–H and O–H groups in total. The van der Waals surface area contributed by atoms with Gasteiger partial charge < -0.3 is 10.1 Å². The fourth-order valence-electron chi connectivity index (χ4n) is 2.58. The van der Waals surface area contributed by atoms with Crippen LogP contribution in [0.3, 0.4) is 0 Å². The summed E-state index contributed by atoms with van der Waals surface area (Å²) in [5.74, 6) is -0.366. The summed E-state index contributed by atoms with van der Waals surface area (Å²) in [7, 11) is 0. The molecule has 1 aliphatic heterocycles. The van der Waals surface area contributed by atoms with Crippen LogP contribution < -0.4 is 5.32 Å². The molecule has 1 unspecified atom stereocenters. The van der Waals surface area contributed by atoms with Gasteiger partial charge >= 0.3 is 0 Å². The summed E-state index contributed by atoms with van der Waals surface area (Å²) in [6.07, 6.45) is 0. The van der Waals surface area contributed by atoms with E-state index in [0.29, 0.717) is 0 Å². The van der Waals surface area contributed by atoms with E-state index in [1.54, 1.807) is 6.07 Å². The Labute approximate surface area is 131 Å². The van der Waals surface area contributed by atoms with Crippen LogP contribution in [-0.2, 0) is 4.74 Å². The van der Waals surface area contributed by atoms with Crippen LogP contribution >= 0.6 is 11.6 Å². The molecule has 0 aliphatic carbocycles. The maximum atomic E-state index is 13.5. The van der Waals surface area contributed by atoms with Crippen molar-refractivity contribution in [2.45, 2.75) is 32.4 Å². The SMILES string of the molecule is CC(NCC(C)(C)N1CCOCC1)c1ccc(Cl)c(F)c1. The van der Waals surface area contributed by atoms with Crippen molar-refractivity contribution in [2.75, 3.05) is 32.8 Å². The standard InChI is InChI=1S/C16H24ClFN2O/c1-12(13-4-5-14(17)15(18)10-13)19-11-16(2,3)20-6-8-21-9-7-20/h4-5,10,12,19H,6-9,11H2,1-3H3. The van der Waals surface area contributed by atoms with Gasteiger partial charge in [0.25, 0.3) is 0 Å². The van der Waals surface area contributed by atoms with Crippen molar-refractivity contribution in [1.29, 1.82) is 0 Å². The number of halogens is 2. The first-order chi connectivity index (χ1) is 9.90. The third-order valence-corrected chi connectivity index (χ3v) is 4.46. The van der Waals surface area contributed by atoms with Crippen molar-refractivity contribution in [3.63, 3.8) is 0 Å². The van der Waals surface area contributed by atoms with Crippen molar-refractivity contribution in [1.82, 2.24) is 10.2 Å². The average molecular weight is 315 g/mol. The van der Waals surface area contributed by atoms with Gasteiger partial charge in [-0.05, 0) is 38.5 Å². The number of benzene rings is 1. The third-order valence-electron chi connectivity index (χ3n) is 4.15. The van der Waals surface area contributed by atoms with E-state index in [0.717, 1.165) is 38.4 Å². The van der Waals surface area contributed by atoms with Crippen LogP contribution in [0.5, 0.6) is 0 Å². The van der Waals surface area contributed by atoms with E-state index in [2.05, 4.69) is 24.1 Å². The van der Waals surface area contributed by atoms with E-state index < -0.39 is 0 Å². The zero-order valence-electron chi connectivity index (χ0n) is 13.0. The van der Waals surface area contributed by atoms with Gasteiger partial charge in [-0.3, -0.25) is 4.90 Å². The highest BCUT2D eigenvalue weighted by atomic mass is 35.5. The van der Waals surface area contributed by atoms with Gasteiger partial charge in [-0.15, -0.1) is 0 Å². The van der Waals surface area contributed by atoms with Gasteiger partial charge in [-0.2, -0.15) is 0 Å². The first-order valence-electron chi connectivity index (χ1n) is 7.41. The summed E-state index contributed by atoms with van der Waals surface area (Å²) in [6, 6.07) is 5.06. The second-order valence-corrected chi connectivity index (χ2v) is 6.60. The lowest BCUT2D eigenvalue weighted by Crippen LogP contribution is -2.54. The molecule has 0 spiro atoms. The number of ether oxygens (including phenoxy) is 1. The number of hydrogen-bond acceptors (Lipinski definition) is 3. The van der Waals surface area contributed by atoms with Crippen LogP contribution in [0.15, 0.2) is 18.2 Å². The zero-order chi connectivity index (χ0) is 15.5. The Balaban J connectivity index is 1.92. The number of hydrogen-bond donors (Lipinski definition) is 1. The molecule has 1 aromatic carbocycles. The first-order valence-corrected chi connectivity index (χ1v) is 7.79. The molecule has 0 saturated carbocycles. The molecule has 0 aromatic heterocycles. The molecule has 0 bridgehead atoms. The van der Waals surface area contributed by atoms with E-state index in [-0.39, 0.29) is 22.4 Å². The predicted octanol–water partition coefficient (Wildman–Crippen LogP) is 3.24. The molecule has 0 radical (unpaired) electrons. The second-order valence-electron chi connectivity index (χ2n) is 6.19. The van der Waals surface area contributed by atoms with Gasteiger partial charge in [0.2, 0.25) is 0 Å². The molecule has 5 heteroatoms. The van der Waals surface area contributed by atoms with Gasteiger partial charge in [0, 0.05) is 31.2 Å². The van der Waals surface area contributed by atoms with Crippen molar-refractivity contribution in [3.05, 3.63) is 34.6 Å². The van der Waals surface area contributed by atoms with Gasteiger partial charge in [0.15, 0.2) is 0 Å². The van der Waals surface area contributed by atoms with Crippen LogP contribution in [0.4, 0.5) is 4.39 Å². The highest BCUT2D eigenvalue weighted by molar-refractivity contribution is 6.30. The largest absolute Gasteiger partial charge is 0.379 e. The molecule has 0 amide bonds. The summed E-state index contributed by atoms with van der Waals surface area (Å²) >= 11 is 5.72. The normalized spacial score (nSPS) is 18.7. The summed E-state index contributed by atoms with van der Waals surface area (Å²) in [5.41, 5.74) is 0.956. The third kappa shape index (κ3) is 4.39. The number of nitrogens with zero attached hydrogens (tertiary/aromatic N) is 1. The Morgan fingerprint density at radius 1 is 1.38 bits per heavy atom. The lowest BCUT2D eigenvalue weighted by molar-refractivity contribution is -0.0102. The van der Waals surface area contributed by atoms with Gasteiger partial charge in [-0.25, -0.2) is 4.39 Å². The van der Waals surface area contributed by atoms with Crippen LogP contribution in [0.25, 0.3) is 0 Å². The Morgan fingerprint density at radius 3 is 2.67 bits per heavy atom. The summed E-state index contributed by atoms with van der Waals surface area (Å²) < 4.78 is 18.9. The van der Waals surface area contributed by atoms with Gasteiger partial charge in [-0.1, -0.05) is 17.7 Å². The van der Waals surface area contributed by atoms with Crippen LogP contribution in [0.2, 0.25) is 5.02 Å². The van der Waals surface area contributed by atoms with Gasteiger partial charge in [0.05, 0.1) is 18.2 Å². The van der Waals surface area contributed by atoms with Crippen molar-refractivity contribution in [3.8, 4) is 0 Å².